The van der Waals surface area contributed by atoms with E-state index < -0.39 is 5.63 Å². The van der Waals surface area contributed by atoms with E-state index in [0.717, 1.165) is 53.5 Å². The fourth-order valence-electron chi connectivity index (χ4n) is 3.99. The Morgan fingerprint density at radius 1 is 1.11 bits per heavy atom. The van der Waals surface area contributed by atoms with Crippen molar-refractivity contribution in [3.63, 3.8) is 0 Å². The number of carbonyl (C=O) groups is 1. The summed E-state index contributed by atoms with van der Waals surface area (Å²) in [6.45, 7) is 3.19. The van der Waals surface area contributed by atoms with Crippen LogP contribution in [0.15, 0.2) is 25.8 Å². The molecule has 0 aliphatic heterocycles. The van der Waals surface area contributed by atoms with Crippen LogP contribution in [0.4, 0.5) is 0 Å². The molecule has 1 aliphatic rings. The molecule has 2 aromatic heterocycles. The molecular formula is C22H26N2O4. The van der Waals surface area contributed by atoms with Crippen LogP contribution < -0.4 is 10.9 Å². The molecule has 28 heavy (non-hydrogen) atoms. The number of likely N-dealkylation sites (N-methyl/N-ethyl adjacent to an activating group) is 1. The van der Waals surface area contributed by atoms with Gasteiger partial charge in [-0.25, -0.2) is 4.79 Å². The number of nitrogens with one attached hydrogen (secondary N) is 1. The van der Waals surface area contributed by atoms with E-state index >= 15 is 0 Å². The summed E-state index contributed by atoms with van der Waals surface area (Å²) in [5.41, 5.74) is 3.34. The Hall–Kier alpha value is -2.60. The molecule has 148 valence electrons. The van der Waals surface area contributed by atoms with Crippen LogP contribution in [0.1, 0.15) is 35.3 Å². The van der Waals surface area contributed by atoms with E-state index in [1.54, 1.807) is 0 Å². The molecule has 0 saturated heterocycles. The molecule has 3 aromatic rings. The number of benzene rings is 1. The van der Waals surface area contributed by atoms with Crippen LogP contribution in [0.2, 0.25) is 0 Å². The zero-order chi connectivity index (χ0) is 19.8. The molecule has 2 heterocycles. The first-order chi connectivity index (χ1) is 13.4. The van der Waals surface area contributed by atoms with Gasteiger partial charge in [-0.2, -0.15) is 0 Å². The summed E-state index contributed by atoms with van der Waals surface area (Å²) in [6.07, 6.45) is 4.32. The Balaban J connectivity index is 1.71. The van der Waals surface area contributed by atoms with Gasteiger partial charge in [-0.15, -0.1) is 0 Å². The van der Waals surface area contributed by atoms with Gasteiger partial charge in [0.15, 0.2) is 0 Å². The van der Waals surface area contributed by atoms with Crippen LogP contribution in [-0.2, 0) is 24.1 Å². The number of nitrogens with zero attached hydrogens (tertiary/aromatic N) is 1. The quantitative estimate of drug-likeness (QED) is 0.687. The van der Waals surface area contributed by atoms with Gasteiger partial charge in [-0.3, -0.25) is 4.79 Å². The molecule has 6 nitrogen and oxygen atoms in total. The summed E-state index contributed by atoms with van der Waals surface area (Å²) >= 11 is 0. The average Bonchev–Trinajstić information content (AvgIpc) is 3.01. The van der Waals surface area contributed by atoms with E-state index in [2.05, 4.69) is 11.4 Å². The second kappa shape index (κ2) is 7.43. The van der Waals surface area contributed by atoms with Crippen LogP contribution in [0.3, 0.4) is 0 Å². The lowest BCUT2D eigenvalue weighted by molar-refractivity contribution is -0.120. The molecular weight excluding hydrogens is 356 g/mol. The molecule has 0 bridgehead atoms. The van der Waals surface area contributed by atoms with Crippen molar-refractivity contribution < 1.29 is 13.6 Å². The van der Waals surface area contributed by atoms with Gasteiger partial charge in [-0.05, 0) is 51.9 Å². The van der Waals surface area contributed by atoms with E-state index in [0.29, 0.717) is 17.7 Å². The maximum atomic E-state index is 12.5. The summed E-state index contributed by atoms with van der Waals surface area (Å²) in [5.74, 6) is 0.885. The minimum Gasteiger partial charge on any atom is -0.461 e. The van der Waals surface area contributed by atoms with Crippen LogP contribution in [-0.4, -0.2) is 38.0 Å². The number of carbonyl (C=O) groups excluding carboxylic acids is 1. The van der Waals surface area contributed by atoms with Crippen molar-refractivity contribution in [1.29, 1.82) is 0 Å². The highest BCUT2D eigenvalue weighted by atomic mass is 16.4. The third-order valence-corrected chi connectivity index (χ3v) is 5.58. The van der Waals surface area contributed by atoms with E-state index in [1.165, 1.54) is 12.0 Å². The van der Waals surface area contributed by atoms with E-state index in [-0.39, 0.29) is 12.3 Å². The molecule has 1 aromatic carbocycles. The summed E-state index contributed by atoms with van der Waals surface area (Å²) in [4.78, 5) is 26.8. The lowest BCUT2D eigenvalue weighted by atomic mass is 9.94. The predicted molar refractivity (Wildman–Crippen MR) is 109 cm³/mol. The lowest BCUT2D eigenvalue weighted by Crippen LogP contribution is -2.33. The number of aryl methyl sites for hydroxylation is 3. The third kappa shape index (κ3) is 3.44. The molecule has 1 N–H and O–H groups in total. The van der Waals surface area contributed by atoms with Crippen molar-refractivity contribution in [2.45, 2.75) is 39.0 Å². The first kappa shape index (κ1) is 18.7. The summed E-state index contributed by atoms with van der Waals surface area (Å²) in [7, 11) is 3.90. The van der Waals surface area contributed by atoms with Crippen molar-refractivity contribution in [2.75, 3.05) is 27.2 Å². The molecule has 0 fully saturated rings. The number of amides is 1. The molecule has 0 spiro atoms. The zero-order valence-corrected chi connectivity index (χ0v) is 16.7. The van der Waals surface area contributed by atoms with Gasteiger partial charge in [0, 0.05) is 41.9 Å². The highest BCUT2D eigenvalue weighted by Crippen LogP contribution is 2.35. The normalized spacial score (nSPS) is 14.0. The van der Waals surface area contributed by atoms with Crippen molar-refractivity contribution in [3.8, 4) is 0 Å². The maximum Gasteiger partial charge on any atom is 0.340 e. The van der Waals surface area contributed by atoms with Crippen LogP contribution in [0.5, 0.6) is 0 Å². The van der Waals surface area contributed by atoms with Crippen molar-refractivity contribution in [2.24, 2.45) is 0 Å². The molecule has 1 aliphatic carbocycles. The van der Waals surface area contributed by atoms with Crippen molar-refractivity contribution in [1.82, 2.24) is 10.2 Å². The van der Waals surface area contributed by atoms with E-state index in [9.17, 15) is 9.59 Å². The first-order valence-corrected chi connectivity index (χ1v) is 9.86. The van der Waals surface area contributed by atoms with Gasteiger partial charge in [-0.1, -0.05) is 0 Å². The second-order valence-electron chi connectivity index (χ2n) is 7.88. The van der Waals surface area contributed by atoms with Crippen LogP contribution >= 0.6 is 0 Å². The minimum absolute atomic E-state index is 0.0269. The number of hydrogen-bond donors (Lipinski definition) is 1. The zero-order valence-electron chi connectivity index (χ0n) is 16.7. The highest BCUT2D eigenvalue weighted by Gasteiger charge is 2.21. The Morgan fingerprint density at radius 2 is 1.86 bits per heavy atom. The summed E-state index contributed by atoms with van der Waals surface area (Å²) < 4.78 is 11.6. The Kier molecular flexibility index (Phi) is 4.98. The summed E-state index contributed by atoms with van der Waals surface area (Å²) in [5, 5.41) is 4.83. The Labute approximate surface area is 163 Å². The van der Waals surface area contributed by atoms with Crippen molar-refractivity contribution in [3.05, 3.63) is 45.0 Å². The monoisotopic (exact) mass is 382 g/mol. The van der Waals surface area contributed by atoms with E-state index in [4.69, 9.17) is 8.83 Å². The minimum atomic E-state index is -0.455. The molecule has 0 atom stereocenters. The largest absolute Gasteiger partial charge is 0.461 e. The smallest absolute Gasteiger partial charge is 0.340 e. The molecule has 0 unspecified atom stereocenters. The average molecular weight is 382 g/mol. The SMILES string of the molecule is Cc1c(CC(=O)NCCN(C)C)c(=O)oc2cc3oc4c(c3cc12)CCCC4. The van der Waals surface area contributed by atoms with Gasteiger partial charge in [0.2, 0.25) is 5.91 Å². The third-order valence-electron chi connectivity index (χ3n) is 5.58. The van der Waals surface area contributed by atoms with Gasteiger partial charge in [0.1, 0.15) is 16.9 Å². The molecule has 0 saturated carbocycles. The Morgan fingerprint density at radius 3 is 2.64 bits per heavy atom. The number of rotatable bonds is 5. The highest BCUT2D eigenvalue weighted by molar-refractivity contribution is 5.97. The summed E-state index contributed by atoms with van der Waals surface area (Å²) in [6, 6.07) is 3.88. The standard InChI is InChI=1S/C22H26N2O4/c1-13-15-10-17-14-6-4-5-7-18(14)27-20(17)12-19(15)28-22(26)16(13)11-21(25)23-8-9-24(2)3/h10,12H,4-9,11H2,1-3H3,(H,23,25). The lowest BCUT2D eigenvalue weighted by Gasteiger charge is -2.11. The maximum absolute atomic E-state index is 12.5. The van der Waals surface area contributed by atoms with Crippen LogP contribution in [0, 0.1) is 6.92 Å². The van der Waals surface area contributed by atoms with Crippen LogP contribution in [0.25, 0.3) is 21.9 Å². The first-order valence-electron chi connectivity index (χ1n) is 9.86. The number of furan rings is 1. The number of fused-ring (bicyclic) bond motifs is 4. The Bertz CT molecular complexity index is 1110. The van der Waals surface area contributed by atoms with Gasteiger partial charge >= 0.3 is 5.63 Å². The van der Waals surface area contributed by atoms with Crippen molar-refractivity contribution >= 4 is 27.8 Å². The predicted octanol–water partition coefficient (Wildman–Crippen LogP) is 2.95. The fourth-order valence-corrected chi connectivity index (χ4v) is 3.99. The fraction of sp³-hybridized carbons (Fsp3) is 0.455. The van der Waals surface area contributed by atoms with Gasteiger partial charge in [0.05, 0.1) is 12.0 Å². The molecule has 1 amide bonds. The second-order valence-corrected chi connectivity index (χ2v) is 7.88. The number of hydrogen-bond acceptors (Lipinski definition) is 5. The van der Waals surface area contributed by atoms with Gasteiger partial charge in [0.25, 0.3) is 0 Å². The molecule has 4 rings (SSSR count). The van der Waals surface area contributed by atoms with Gasteiger partial charge < -0.3 is 19.1 Å². The topological polar surface area (TPSA) is 75.7 Å². The van der Waals surface area contributed by atoms with E-state index in [1.807, 2.05) is 32.0 Å². The molecule has 6 heteroatoms. The molecule has 0 radical (unpaired) electrons.